The fraction of sp³-hybridized carbons (Fsp3) is 0.417. The molecule has 0 radical (unpaired) electrons. The summed E-state index contributed by atoms with van der Waals surface area (Å²) in [5, 5.41) is 0. The third-order valence-corrected chi connectivity index (χ3v) is 2.50. The summed E-state index contributed by atoms with van der Waals surface area (Å²) < 4.78 is 28.8. The van der Waals surface area contributed by atoms with Crippen LogP contribution in [-0.4, -0.2) is 35.8 Å². The summed E-state index contributed by atoms with van der Waals surface area (Å²) in [4.78, 5) is 13.6. The van der Waals surface area contributed by atoms with Crippen LogP contribution in [0, 0.1) is 0 Å². The van der Waals surface area contributed by atoms with Crippen molar-refractivity contribution in [3.05, 3.63) is 29.8 Å². The molecule has 6 heteroatoms. The monoisotopic (exact) mass is 321 g/mol. The van der Waals surface area contributed by atoms with Gasteiger partial charge in [0.15, 0.2) is 0 Å². The van der Waals surface area contributed by atoms with Crippen molar-refractivity contribution in [3.63, 3.8) is 0 Å². The summed E-state index contributed by atoms with van der Waals surface area (Å²) >= 11 is 3.33. The molecule has 0 saturated carbocycles. The number of alkyl halides is 3. The van der Waals surface area contributed by atoms with Gasteiger partial charge in [0.2, 0.25) is 0 Å². The van der Waals surface area contributed by atoms with Gasteiger partial charge in [-0.05, 0) is 12.1 Å². The Hall–Kier alpha value is -1.17. The first-order valence-electron chi connectivity index (χ1n) is 5.35. The lowest BCUT2D eigenvalue weighted by Crippen LogP contribution is -2.31. The molecule has 18 heavy (non-hydrogen) atoms. The molecule has 0 fully saturated rings. The fourth-order valence-corrected chi connectivity index (χ4v) is 1.94. The summed E-state index contributed by atoms with van der Waals surface area (Å²) in [6.45, 7) is -0.577. The standard InChI is InChI=1S/C12H14BrF2NO2/c1-8(13)7-16(2)11(17)9-5-3-4-6-10(9)18-12(14)15/h3-6,8,12H,7H2,1-2H3. The number of carbonyl (C=O) groups is 1. The van der Waals surface area contributed by atoms with Crippen LogP contribution < -0.4 is 4.74 Å². The van der Waals surface area contributed by atoms with E-state index in [9.17, 15) is 13.6 Å². The summed E-state index contributed by atoms with van der Waals surface area (Å²) in [7, 11) is 1.61. The van der Waals surface area contributed by atoms with Crippen LogP contribution in [0.4, 0.5) is 8.78 Å². The molecule has 1 aromatic carbocycles. The predicted octanol–water partition coefficient (Wildman–Crippen LogP) is 3.14. The third-order valence-electron chi connectivity index (χ3n) is 2.21. The van der Waals surface area contributed by atoms with Crippen LogP contribution in [0.15, 0.2) is 24.3 Å². The van der Waals surface area contributed by atoms with Crippen LogP contribution in [0.1, 0.15) is 17.3 Å². The van der Waals surface area contributed by atoms with Crippen molar-refractivity contribution in [2.45, 2.75) is 18.4 Å². The van der Waals surface area contributed by atoms with E-state index in [0.29, 0.717) is 6.54 Å². The second-order valence-corrected chi connectivity index (χ2v) is 5.40. The van der Waals surface area contributed by atoms with E-state index < -0.39 is 6.61 Å². The number of halogens is 3. The van der Waals surface area contributed by atoms with Crippen molar-refractivity contribution < 1.29 is 18.3 Å². The number of ether oxygens (including phenoxy) is 1. The van der Waals surface area contributed by atoms with E-state index in [-0.39, 0.29) is 22.0 Å². The second-order valence-electron chi connectivity index (χ2n) is 3.84. The summed E-state index contributed by atoms with van der Waals surface area (Å²) in [5.41, 5.74) is 0.133. The van der Waals surface area contributed by atoms with E-state index in [1.165, 1.54) is 17.0 Å². The van der Waals surface area contributed by atoms with E-state index >= 15 is 0 Å². The molecule has 3 nitrogen and oxygen atoms in total. The van der Waals surface area contributed by atoms with Gasteiger partial charge in [0.1, 0.15) is 5.75 Å². The average molecular weight is 322 g/mol. The van der Waals surface area contributed by atoms with Crippen LogP contribution in [0.3, 0.4) is 0 Å². The topological polar surface area (TPSA) is 29.5 Å². The first-order valence-corrected chi connectivity index (χ1v) is 6.26. The SMILES string of the molecule is CC(Br)CN(C)C(=O)c1ccccc1OC(F)F. The molecule has 0 bridgehead atoms. The lowest BCUT2D eigenvalue weighted by molar-refractivity contribution is -0.0502. The van der Waals surface area contributed by atoms with Crippen molar-refractivity contribution in [1.82, 2.24) is 4.90 Å². The summed E-state index contributed by atoms with van der Waals surface area (Å²) in [6, 6.07) is 5.97. The molecule has 0 aliphatic rings. The van der Waals surface area contributed by atoms with Crippen LogP contribution in [0.2, 0.25) is 0 Å². The fourth-order valence-electron chi connectivity index (χ4n) is 1.51. The Kier molecular flexibility index (Phi) is 5.53. The zero-order chi connectivity index (χ0) is 13.7. The highest BCUT2D eigenvalue weighted by atomic mass is 79.9. The van der Waals surface area contributed by atoms with Crippen molar-refractivity contribution in [3.8, 4) is 5.75 Å². The van der Waals surface area contributed by atoms with Crippen molar-refractivity contribution >= 4 is 21.8 Å². The maximum atomic E-state index is 12.2. The number of hydrogen-bond acceptors (Lipinski definition) is 2. The first kappa shape index (κ1) is 14.9. The minimum atomic E-state index is -2.95. The van der Waals surface area contributed by atoms with Gasteiger partial charge in [-0.25, -0.2) is 0 Å². The van der Waals surface area contributed by atoms with Gasteiger partial charge in [-0.3, -0.25) is 4.79 Å². The summed E-state index contributed by atoms with van der Waals surface area (Å²) in [6.07, 6.45) is 0. The number of hydrogen-bond donors (Lipinski definition) is 0. The average Bonchev–Trinajstić information content (AvgIpc) is 2.27. The van der Waals surface area contributed by atoms with E-state index in [1.807, 2.05) is 6.92 Å². The minimum absolute atomic E-state index is 0.105. The molecule has 1 aromatic rings. The Morgan fingerprint density at radius 1 is 1.44 bits per heavy atom. The van der Waals surface area contributed by atoms with Crippen molar-refractivity contribution in [2.24, 2.45) is 0 Å². The number of nitrogens with zero attached hydrogens (tertiary/aromatic N) is 1. The van der Waals surface area contributed by atoms with E-state index in [0.717, 1.165) is 0 Å². The molecule has 100 valence electrons. The van der Waals surface area contributed by atoms with Gasteiger partial charge < -0.3 is 9.64 Å². The van der Waals surface area contributed by atoms with Gasteiger partial charge in [0.05, 0.1) is 5.56 Å². The Bertz CT molecular complexity index is 413. The number of benzene rings is 1. The molecule has 0 aromatic heterocycles. The number of amides is 1. The predicted molar refractivity (Wildman–Crippen MR) is 68.4 cm³/mol. The van der Waals surface area contributed by atoms with E-state index in [1.54, 1.807) is 19.2 Å². The quantitative estimate of drug-likeness (QED) is 0.780. The molecular formula is C12H14BrF2NO2. The minimum Gasteiger partial charge on any atom is -0.434 e. The zero-order valence-corrected chi connectivity index (χ0v) is 11.7. The van der Waals surface area contributed by atoms with Gasteiger partial charge in [0.25, 0.3) is 5.91 Å². The van der Waals surface area contributed by atoms with E-state index in [2.05, 4.69) is 20.7 Å². The number of para-hydroxylation sites is 1. The van der Waals surface area contributed by atoms with Crippen LogP contribution in [0.25, 0.3) is 0 Å². The molecule has 1 unspecified atom stereocenters. The highest BCUT2D eigenvalue weighted by Crippen LogP contribution is 2.21. The van der Waals surface area contributed by atoms with Crippen LogP contribution >= 0.6 is 15.9 Å². The molecule has 0 N–H and O–H groups in total. The third kappa shape index (κ3) is 4.25. The second kappa shape index (κ2) is 6.68. The zero-order valence-electron chi connectivity index (χ0n) is 10.1. The van der Waals surface area contributed by atoms with Gasteiger partial charge in [-0.15, -0.1) is 0 Å². The molecule has 1 atom stereocenters. The lowest BCUT2D eigenvalue weighted by atomic mass is 10.1. The Balaban J connectivity index is 2.91. The maximum absolute atomic E-state index is 12.2. The van der Waals surface area contributed by atoms with Crippen molar-refractivity contribution in [2.75, 3.05) is 13.6 Å². The van der Waals surface area contributed by atoms with Crippen LogP contribution in [-0.2, 0) is 0 Å². The molecule has 1 amide bonds. The highest BCUT2D eigenvalue weighted by Gasteiger charge is 2.19. The molecule has 0 heterocycles. The molecule has 1 rings (SSSR count). The van der Waals surface area contributed by atoms with Gasteiger partial charge in [-0.1, -0.05) is 35.0 Å². The van der Waals surface area contributed by atoms with E-state index in [4.69, 9.17) is 0 Å². The molecule has 0 aliphatic carbocycles. The van der Waals surface area contributed by atoms with Gasteiger partial charge >= 0.3 is 6.61 Å². The largest absolute Gasteiger partial charge is 0.434 e. The summed E-state index contributed by atoms with van der Waals surface area (Å²) in [5.74, 6) is -0.455. The highest BCUT2D eigenvalue weighted by molar-refractivity contribution is 9.09. The Morgan fingerprint density at radius 3 is 2.61 bits per heavy atom. The van der Waals surface area contributed by atoms with Gasteiger partial charge in [-0.2, -0.15) is 8.78 Å². The number of rotatable bonds is 5. The normalized spacial score (nSPS) is 12.3. The molecule has 0 aliphatic heterocycles. The molecule has 0 saturated heterocycles. The Morgan fingerprint density at radius 2 is 2.06 bits per heavy atom. The molecular weight excluding hydrogens is 308 g/mol. The smallest absolute Gasteiger partial charge is 0.387 e. The lowest BCUT2D eigenvalue weighted by Gasteiger charge is -2.20. The first-order chi connectivity index (χ1) is 8.41. The van der Waals surface area contributed by atoms with Crippen LogP contribution in [0.5, 0.6) is 5.75 Å². The maximum Gasteiger partial charge on any atom is 0.387 e. The van der Waals surface area contributed by atoms with Crippen molar-refractivity contribution in [1.29, 1.82) is 0 Å². The number of carbonyl (C=O) groups excluding carboxylic acids is 1. The molecule has 0 spiro atoms. The van der Waals surface area contributed by atoms with Gasteiger partial charge in [0, 0.05) is 18.4 Å². The Labute approximate surface area is 113 Å².